The van der Waals surface area contributed by atoms with E-state index in [1.165, 1.54) is 27.9 Å². The van der Waals surface area contributed by atoms with Crippen molar-refractivity contribution < 1.29 is 4.74 Å². The summed E-state index contributed by atoms with van der Waals surface area (Å²) in [4.78, 5) is 0. The number of ether oxygens (including phenoxy) is 1. The van der Waals surface area contributed by atoms with Gasteiger partial charge in [-0.05, 0) is 71.3 Å². The van der Waals surface area contributed by atoms with Crippen LogP contribution in [-0.4, -0.2) is 12.5 Å². The highest BCUT2D eigenvalue weighted by Gasteiger charge is 2.01. The first-order chi connectivity index (χ1) is 14.4. The second-order valence-corrected chi connectivity index (χ2v) is 8.82. The van der Waals surface area contributed by atoms with Crippen molar-refractivity contribution in [2.24, 2.45) is 5.92 Å². The highest BCUT2D eigenvalue weighted by molar-refractivity contribution is 6.19. The van der Waals surface area contributed by atoms with Crippen LogP contribution in [0.2, 0.25) is 0 Å². The van der Waals surface area contributed by atoms with E-state index in [1.807, 2.05) is 18.2 Å². The summed E-state index contributed by atoms with van der Waals surface area (Å²) < 4.78 is 5.75. The summed E-state index contributed by atoms with van der Waals surface area (Å²) in [6.45, 7) is 12.5. The largest absolute Gasteiger partial charge is 0.373 e. The van der Waals surface area contributed by atoms with E-state index in [0.29, 0.717) is 25.0 Å². The van der Waals surface area contributed by atoms with Gasteiger partial charge in [0.15, 0.2) is 0 Å². The minimum absolute atomic E-state index is 0.586. The van der Waals surface area contributed by atoms with Crippen LogP contribution in [0.4, 0.5) is 0 Å². The van der Waals surface area contributed by atoms with E-state index in [-0.39, 0.29) is 0 Å². The minimum Gasteiger partial charge on any atom is -0.373 e. The van der Waals surface area contributed by atoms with Crippen molar-refractivity contribution in [2.75, 3.05) is 12.5 Å². The molecule has 1 aromatic rings. The monoisotopic (exact) mass is 428 g/mol. The van der Waals surface area contributed by atoms with E-state index in [1.54, 1.807) is 0 Å². The number of hydrogen-bond donors (Lipinski definition) is 0. The molecule has 0 aliphatic heterocycles. The van der Waals surface area contributed by atoms with Crippen LogP contribution >= 0.6 is 11.6 Å². The summed E-state index contributed by atoms with van der Waals surface area (Å²) in [6, 6.07) is 10.3. The second kappa shape index (κ2) is 16.2. The summed E-state index contributed by atoms with van der Waals surface area (Å²) in [5.41, 5.74) is 6.85. The zero-order valence-corrected chi connectivity index (χ0v) is 20.5. The van der Waals surface area contributed by atoms with Crippen LogP contribution in [0.3, 0.4) is 0 Å². The molecule has 2 heteroatoms. The topological polar surface area (TPSA) is 9.23 Å². The van der Waals surface area contributed by atoms with Gasteiger partial charge in [0.25, 0.3) is 0 Å². The van der Waals surface area contributed by atoms with Crippen LogP contribution in [0.15, 0.2) is 76.9 Å². The SMILES string of the molecule is CC(=CCCC(C)=CC(C)CC(C)=CCCC(C)=CCOCc1ccccc1)CCl. The van der Waals surface area contributed by atoms with Crippen LogP contribution in [0.5, 0.6) is 0 Å². The third-order valence-electron chi connectivity index (χ3n) is 5.15. The van der Waals surface area contributed by atoms with Crippen LogP contribution < -0.4 is 0 Å². The molecule has 0 aliphatic rings. The molecule has 0 spiro atoms. The summed E-state index contributed by atoms with van der Waals surface area (Å²) >= 11 is 5.83. The molecular formula is C28H41ClO. The van der Waals surface area contributed by atoms with Crippen LogP contribution in [-0.2, 0) is 11.3 Å². The summed E-state index contributed by atoms with van der Waals surface area (Å²) in [5.74, 6) is 1.22. The zero-order valence-electron chi connectivity index (χ0n) is 19.7. The quantitative estimate of drug-likeness (QED) is 0.163. The maximum absolute atomic E-state index is 5.83. The predicted molar refractivity (Wildman–Crippen MR) is 134 cm³/mol. The fourth-order valence-electron chi connectivity index (χ4n) is 3.42. The Morgan fingerprint density at radius 3 is 2.17 bits per heavy atom. The minimum atomic E-state index is 0.586. The first-order valence-electron chi connectivity index (χ1n) is 11.2. The number of alkyl halides is 1. The van der Waals surface area contributed by atoms with Gasteiger partial charge in [0.2, 0.25) is 0 Å². The van der Waals surface area contributed by atoms with Gasteiger partial charge in [-0.2, -0.15) is 0 Å². The second-order valence-electron chi connectivity index (χ2n) is 8.56. The van der Waals surface area contributed by atoms with Gasteiger partial charge in [-0.15, -0.1) is 11.6 Å². The van der Waals surface area contributed by atoms with E-state index < -0.39 is 0 Å². The normalized spacial score (nSPS) is 14.9. The van der Waals surface area contributed by atoms with Crippen molar-refractivity contribution in [3.8, 4) is 0 Å². The molecule has 1 atom stereocenters. The standard InChI is InChI=1S/C28H41ClO/c1-23(17-18-30-22-28-15-7-6-8-16-28)11-9-12-24(2)19-27(5)20-25(3)13-10-14-26(4)21-29/h6-8,12,14-17,20,27H,9-11,13,18-19,21-22H2,1-5H3. The Labute approximate surface area is 190 Å². The van der Waals surface area contributed by atoms with Crippen molar-refractivity contribution in [3.05, 3.63) is 82.5 Å². The van der Waals surface area contributed by atoms with Gasteiger partial charge < -0.3 is 4.74 Å². The number of rotatable bonds is 14. The average molecular weight is 429 g/mol. The molecule has 0 saturated heterocycles. The fraction of sp³-hybridized carbons (Fsp3) is 0.500. The number of benzene rings is 1. The summed E-state index contributed by atoms with van der Waals surface area (Å²) in [7, 11) is 0. The lowest BCUT2D eigenvalue weighted by molar-refractivity contribution is 0.148. The molecule has 0 amide bonds. The van der Waals surface area contributed by atoms with E-state index in [4.69, 9.17) is 16.3 Å². The summed E-state index contributed by atoms with van der Waals surface area (Å²) in [5, 5.41) is 0. The predicted octanol–water partition coefficient (Wildman–Crippen LogP) is 8.81. The van der Waals surface area contributed by atoms with Crippen LogP contribution in [0.25, 0.3) is 0 Å². The lowest BCUT2D eigenvalue weighted by atomic mass is 9.97. The number of hydrogen-bond acceptors (Lipinski definition) is 1. The van der Waals surface area contributed by atoms with Crippen LogP contribution in [0.1, 0.15) is 72.3 Å². The van der Waals surface area contributed by atoms with Crippen molar-refractivity contribution in [3.63, 3.8) is 0 Å². The molecule has 0 heterocycles. The Balaban J connectivity index is 2.27. The molecule has 0 saturated carbocycles. The van der Waals surface area contributed by atoms with Gasteiger partial charge in [-0.25, -0.2) is 0 Å². The van der Waals surface area contributed by atoms with Gasteiger partial charge in [0.1, 0.15) is 0 Å². The van der Waals surface area contributed by atoms with Crippen molar-refractivity contribution in [1.29, 1.82) is 0 Å². The fourth-order valence-corrected chi connectivity index (χ4v) is 3.53. The first kappa shape index (κ1) is 26.5. The van der Waals surface area contributed by atoms with Crippen molar-refractivity contribution in [1.82, 2.24) is 0 Å². The highest BCUT2D eigenvalue weighted by Crippen LogP contribution is 2.18. The van der Waals surface area contributed by atoms with Gasteiger partial charge in [-0.3, -0.25) is 0 Å². The Bertz CT molecular complexity index is 709. The van der Waals surface area contributed by atoms with Gasteiger partial charge in [0.05, 0.1) is 13.2 Å². The van der Waals surface area contributed by atoms with Gasteiger partial charge in [-0.1, -0.05) is 83.9 Å². The molecule has 1 nitrogen and oxygen atoms in total. The Morgan fingerprint density at radius 2 is 1.50 bits per heavy atom. The van der Waals surface area contributed by atoms with Crippen LogP contribution in [0, 0.1) is 5.92 Å². The van der Waals surface area contributed by atoms with Gasteiger partial charge >= 0.3 is 0 Å². The molecule has 0 bridgehead atoms. The van der Waals surface area contributed by atoms with E-state index >= 15 is 0 Å². The molecular weight excluding hydrogens is 388 g/mol. The van der Waals surface area contributed by atoms with E-state index in [0.717, 1.165) is 32.1 Å². The molecule has 0 fully saturated rings. The summed E-state index contributed by atoms with van der Waals surface area (Å²) in [6.07, 6.45) is 14.8. The van der Waals surface area contributed by atoms with Gasteiger partial charge in [0, 0.05) is 5.88 Å². The first-order valence-corrected chi connectivity index (χ1v) is 11.8. The lowest BCUT2D eigenvalue weighted by Gasteiger charge is -2.09. The highest BCUT2D eigenvalue weighted by atomic mass is 35.5. The number of halogens is 1. The zero-order chi connectivity index (χ0) is 22.2. The van der Waals surface area contributed by atoms with Crippen molar-refractivity contribution in [2.45, 2.75) is 73.3 Å². The van der Waals surface area contributed by atoms with E-state index in [9.17, 15) is 0 Å². The smallest absolute Gasteiger partial charge is 0.0721 e. The molecule has 166 valence electrons. The Kier molecular flexibility index (Phi) is 14.3. The molecule has 0 N–H and O–H groups in total. The van der Waals surface area contributed by atoms with Crippen molar-refractivity contribution >= 4 is 11.6 Å². The Morgan fingerprint density at radius 1 is 0.867 bits per heavy atom. The molecule has 1 rings (SSSR count). The number of allylic oxidation sites excluding steroid dienone is 7. The lowest BCUT2D eigenvalue weighted by Crippen LogP contribution is -1.94. The molecule has 0 radical (unpaired) electrons. The molecule has 0 aliphatic carbocycles. The molecule has 0 aromatic heterocycles. The maximum atomic E-state index is 5.83. The maximum Gasteiger partial charge on any atom is 0.0721 e. The molecule has 1 unspecified atom stereocenters. The Hall–Kier alpha value is -1.57. The molecule has 30 heavy (non-hydrogen) atoms. The third kappa shape index (κ3) is 13.6. The third-order valence-corrected chi connectivity index (χ3v) is 5.57. The molecule has 1 aromatic carbocycles. The average Bonchev–Trinajstić information content (AvgIpc) is 2.71. The van der Waals surface area contributed by atoms with E-state index in [2.05, 4.69) is 71.1 Å².